The van der Waals surface area contributed by atoms with Crippen molar-refractivity contribution < 1.29 is 8.42 Å². The molecule has 1 aliphatic carbocycles. The van der Waals surface area contributed by atoms with Crippen molar-refractivity contribution in [2.24, 2.45) is 10.4 Å². The number of benzene rings is 1. The topological polar surface area (TPSA) is 73.8 Å². The van der Waals surface area contributed by atoms with Gasteiger partial charge in [-0.2, -0.15) is 0 Å². The Labute approximate surface area is 176 Å². The minimum absolute atomic E-state index is 0.0137. The lowest BCUT2D eigenvalue weighted by atomic mass is 9.86. The first-order valence-electron chi connectivity index (χ1n) is 10.9. The highest BCUT2D eigenvalue weighted by atomic mass is 32.2. The Kier molecular flexibility index (Phi) is 7.22. The Morgan fingerprint density at radius 3 is 2.52 bits per heavy atom. The van der Waals surface area contributed by atoms with E-state index in [0.29, 0.717) is 12.0 Å². The lowest BCUT2D eigenvalue weighted by Gasteiger charge is -2.26. The van der Waals surface area contributed by atoms with Crippen LogP contribution in [-0.4, -0.2) is 45.0 Å². The van der Waals surface area contributed by atoms with Gasteiger partial charge in [0.2, 0.25) is 10.0 Å². The van der Waals surface area contributed by atoms with E-state index in [4.69, 9.17) is 4.99 Å². The summed E-state index contributed by atoms with van der Waals surface area (Å²) in [5.74, 6) is 0.939. The van der Waals surface area contributed by atoms with Gasteiger partial charge in [0.1, 0.15) is 0 Å². The Balaban J connectivity index is 1.73. The average molecular weight is 421 g/mol. The van der Waals surface area contributed by atoms with Crippen LogP contribution < -0.4 is 10.0 Å². The zero-order chi connectivity index (χ0) is 20.9. The maximum Gasteiger partial charge on any atom is 0.216 e. The summed E-state index contributed by atoms with van der Waals surface area (Å²) < 4.78 is 27.4. The van der Waals surface area contributed by atoms with Crippen molar-refractivity contribution in [3.63, 3.8) is 0 Å². The molecule has 1 aliphatic heterocycles. The third kappa shape index (κ3) is 5.95. The Morgan fingerprint density at radius 2 is 1.86 bits per heavy atom. The van der Waals surface area contributed by atoms with E-state index in [1.54, 1.807) is 0 Å². The van der Waals surface area contributed by atoms with E-state index in [0.717, 1.165) is 36.7 Å². The molecular weight excluding hydrogens is 384 g/mol. The molecule has 1 aromatic carbocycles. The van der Waals surface area contributed by atoms with Crippen LogP contribution >= 0.6 is 0 Å². The highest BCUT2D eigenvalue weighted by Crippen LogP contribution is 2.45. The third-order valence-corrected chi connectivity index (χ3v) is 7.54. The Morgan fingerprint density at radius 1 is 1.17 bits per heavy atom. The first-order chi connectivity index (χ1) is 13.8. The van der Waals surface area contributed by atoms with E-state index in [1.165, 1.54) is 32.1 Å². The Bertz CT molecular complexity index is 814. The Hall–Kier alpha value is -1.60. The molecule has 1 spiro atoms. The molecule has 29 heavy (non-hydrogen) atoms. The van der Waals surface area contributed by atoms with Crippen molar-refractivity contribution in [2.45, 2.75) is 71.2 Å². The first kappa shape index (κ1) is 22.1. The summed E-state index contributed by atoms with van der Waals surface area (Å²) in [6.07, 6.45) is 6.65. The van der Waals surface area contributed by atoms with Crippen molar-refractivity contribution in [2.75, 3.05) is 19.6 Å². The van der Waals surface area contributed by atoms with Gasteiger partial charge >= 0.3 is 0 Å². The highest BCUT2D eigenvalue weighted by Gasteiger charge is 2.41. The lowest BCUT2D eigenvalue weighted by molar-refractivity contribution is 0.309. The van der Waals surface area contributed by atoms with E-state index in [2.05, 4.69) is 21.9 Å². The fourth-order valence-corrected chi connectivity index (χ4v) is 6.19. The van der Waals surface area contributed by atoms with Crippen LogP contribution in [-0.2, 0) is 22.3 Å². The highest BCUT2D eigenvalue weighted by molar-refractivity contribution is 7.88. The van der Waals surface area contributed by atoms with Crippen LogP contribution in [0, 0.1) is 5.41 Å². The molecule has 2 fully saturated rings. The number of aliphatic imine (C=N–C) groups is 1. The molecule has 0 bridgehead atoms. The molecule has 1 saturated heterocycles. The van der Waals surface area contributed by atoms with Crippen LogP contribution in [0.15, 0.2) is 29.3 Å². The second-order valence-corrected chi connectivity index (χ2v) is 10.6. The second kappa shape index (κ2) is 9.47. The van der Waals surface area contributed by atoms with Crippen molar-refractivity contribution in [3.05, 3.63) is 35.4 Å². The molecule has 2 aliphatic rings. The minimum atomic E-state index is -3.36. The minimum Gasteiger partial charge on any atom is -0.357 e. The van der Waals surface area contributed by atoms with Crippen LogP contribution in [0.2, 0.25) is 0 Å². The van der Waals surface area contributed by atoms with E-state index in [9.17, 15) is 8.42 Å². The summed E-state index contributed by atoms with van der Waals surface area (Å²) in [5, 5.41) is 3.44. The summed E-state index contributed by atoms with van der Waals surface area (Å²) in [6.45, 7) is 9.23. The van der Waals surface area contributed by atoms with Crippen LogP contribution in [0.25, 0.3) is 0 Å². The molecule has 6 nitrogen and oxygen atoms in total. The number of sulfonamides is 1. The van der Waals surface area contributed by atoms with Crippen LogP contribution in [0.1, 0.15) is 64.0 Å². The van der Waals surface area contributed by atoms with Crippen LogP contribution in [0.4, 0.5) is 0 Å². The fraction of sp³-hybridized carbons (Fsp3) is 0.682. The smallest absolute Gasteiger partial charge is 0.216 e. The molecule has 1 aromatic rings. The van der Waals surface area contributed by atoms with Gasteiger partial charge in [-0.3, -0.25) is 0 Å². The van der Waals surface area contributed by atoms with Gasteiger partial charge in [0.05, 0.1) is 12.3 Å². The molecule has 0 unspecified atom stereocenters. The largest absolute Gasteiger partial charge is 0.357 e. The van der Waals surface area contributed by atoms with E-state index < -0.39 is 10.0 Å². The maximum atomic E-state index is 12.4. The number of nitrogens with zero attached hydrogens (tertiary/aromatic N) is 2. The number of hydrogen-bond acceptors (Lipinski definition) is 3. The molecule has 7 heteroatoms. The standard InChI is InChI=1S/C22H36N4O2S/c1-4-23-21(26-14-13-22(17-26)11-7-8-12-22)24-15-19-9-5-6-10-20(19)16-29(27,28)25-18(2)3/h5-6,9-10,18,25H,4,7-8,11-17H2,1-3H3,(H,23,24). The fourth-order valence-electron chi connectivity index (χ4n) is 4.69. The van der Waals surface area contributed by atoms with Gasteiger partial charge in [-0.05, 0) is 56.6 Å². The summed E-state index contributed by atoms with van der Waals surface area (Å²) in [5.41, 5.74) is 2.27. The van der Waals surface area contributed by atoms with E-state index in [-0.39, 0.29) is 11.8 Å². The number of guanidine groups is 1. The molecule has 162 valence electrons. The van der Waals surface area contributed by atoms with Gasteiger partial charge in [-0.25, -0.2) is 18.1 Å². The quantitative estimate of drug-likeness (QED) is 0.525. The van der Waals surface area contributed by atoms with Gasteiger partial charge < -0.3 is 10.2 Å². The molecule has 1 heterocycles. The predicted molar refractivity (Wildman–Crippen MR) is 119 cm³/mol. The van der Waals surface area contributed by atoms with Crippen molar-refractivity contribution in [3.8, 4) is 0 Å². The number of rotatable bonds is 7. The zero-order valence-electron chi connectivity index (χ0n) is 18.1. The summed E-state index contributed by atoms with van der Waals surface area (Å²) in [4.78, 5) is 7.29. The predicted octanol–water partition coefficient (Wildman–Crippen LogP) is 3.25. The molecule has 3 rings (SSSR count). The van der Waals surface area contributed by atoms with E-state index in [1.807, 2.05) is 38.1 Å². The SMILES string of the molecule is CCNC(=NCc1ccccc1CS(=O)(=O)NC(C)C)N1CCC2(CCCC2)C1. The molecule has 0 amide bonds. The van der Waals surface area contributed by atoms with Crippen molar-refractivity contribution in [1.82, 2.24) is 14.9 Å². The molecule has 0 atom stereocenters. The molecule has 0 aromatic heterocycles. The third-order valence-electron chi connectivity index (χ3n) is 6.02. The molecule has 1 saturated carbocycles. The van der Waals surface area contributed by atoms with Crippen LogP contribution in [0.3, 0.4) is 0 Å². The van der Waals surface area contributed by atoms with Crippen molar-refractivity contribution >= 4 is 16.0 Å². The van der Waals surface area contributed by atoms with Crippen molar-refractivity contribution in [1.29, 1.82) is 0 Å². The first-order valence-corrected chi connectivity index (χ1v) is 12.6. The summed E-state index contributed by atoms with van der Waals surface area (Å²) in [6, 6.07) is 7.61. The maximum absolute atomic E-state index is 12.4. The average Bonchev–Trinajstić information content (AvgIpc) is 3.28. The van der Waals surface area contributed by atoms with Gasteiger partial charge in [0, 0.05) is 25.7 Å². The van der Waals surface area contributed by atoms with Gasteiger partial charge in [0.15, 0.2) is 5.96 Å². The number of hydrogen-bond donors (Lipinski definition) is 2. The number of likely N-dealkylation sites (tertiary alicyclic amines) is 1. The molecule has 0 radical (unpaired) electrons. The molecular formula is C22H36N4O2S. The second-order valence-electron chi connectivity index (χ2n) is 8.85. The normalized spacial score (nSPS) is 19.4. The summed E-state index contributed by atoms with van der Waals surface area (Å²) >= 11 is 0. The summed E-state index contributed by atoms with van der Waals surface area (Å²) in [7, 11) is -3.36. The zero-order valence-corrected chi connectivity index (χ0v) is 18.9. The monoisotopic (exact) mass is 420 g/mol. The van der Waals surface area contributed by atoms with Gasteiger partial charge in [-0.15, -0.1) is 0 Å². The lowest BCUT2D eigenvalue weighted by Crippen LogP contribution is -2.41. The molecule has 2 N–H and O–H groups in total. The van der Waals surface area contributed by atoms with Crippen LogP contribution in [0.5, 0.6) is 0 Å². The van der Waals surface area contributed by atoms with Gasteiger partial charge in [0.25, 0.3) is 0 Å². The van der Waals surface area contributed by atoms with Gasteiger partial charge in [-0.1, -0.05) is 37.1 Å². The number of nitrogens with one attached hydrogen (secondary N) is 2. The van der Waals surface area contributed by atoms with E-state index >= 15 is 0 Å².